The van der Waals surface area contributed by atoms with Crippen LogP contribution in [0, 0.1) is 17.8 Å². The first-order valence-electron chi connectivity index (χ1n) is 10.2. The van der Waals surface area contributed by atoms with E-state index in [1.807, 2.05) is 17.2 Å². The molecule has 142 valence electrons. The van der Waals surface area contributed by atoms with E-state index in [0.717, 1.165) is 47.7 Å². The summed E-state index contributed by atoms with van der Waals surface area (Å²) in [6.45, 7) is 2.28. The molecule has 2 saturated carbocycles. The molecule has 3 unspecified atom stereocenters. The molecular weight excluding hydrogens is 352 g/mol. The van der Waals surface area contributed by atoms with E-state index in [1.54, 1.807) is 6.20 Å². The Kier molecular flexibility index (Phi) is 3.48. The molecule has 0 spiro atoms. The van der Waals surface area contributed by atoms with Gasteiger partial charge >= 0.3 is 6.34 Å². The summed E-state index contributed by atoms with van der Waals surface area (Å²) >= 11 is 0. The van der Waals surface area contributed by atoms with E-state index in [-0.39, 0.29) is 0 Å². The van der Waals surface area contributed by atoms with E-state index in [2.05, 4.69) is 53.9 Å². The molecule has 0 radical (unpaired) electrons. The smallest absolute Gasteiger partial charge is 0.313 e. The molecule has 2 fully saturated rings. The highest BCUT2D eigenvalue weighted by molar-refractivity contribution is 5.93. The maximum atomic E-state index is 4.66. The SMILES string of the molecule is CCC1CC(C=[N+]2C=NC(C3CC3)=N2)CC1c1nnc2cnc3[nH]ccc3n12. The van der Waals surface area contributed by atoms with Crippen LogP contribution in [0.4, 0.5) is 0 Å². The monoisotopic (exact) mass is 375 g/mol. The number of aliphatic imine (C=N–C) groups is 1. The summed E-state index contributed by atoms with van der Waals surface area (Å²) < 4.78 is 4.11. The number of nitrogens with one attached hydrogen (secondary N) is 1. The Morgan fingerprint density at radius 2 is 2.21 bits per heavy atom. The highest BCUT2D eigenvalue weighted by Gasteiger charge is 2.39. The zero-order valence-electron chi connectivity index (χ0n) is 15.9. The van der Waals surface area contributed by atoms with Crippen LogP contribution < -0.4 is 0 Å². The van der Waals surface area contributed by atoms with Gasteiger partial charge in [-0.15, -0.1) is 14.9 Å². The first-order valence-corrected chi connectivity index (χ1v) is 10.2. The van der Waals surface area contributed by atoms with Crippen molar-refractivity contribution in [1.82, 2.24) is 24.6 Å². The molecule has 8 nitrogen and oxygen atoms in total. The van der Waals surface area contributed by atoms with Crippen molar-refractivity contribution in [2.75, 3.05) is 0 Å². The lowest BCUT2D eigenvalue weighted by molar-refractivity contribution is -0.396. The Balaban J connectivity index is 1.34. The van der Waals surface area contributed by atoms with E-state index < -0.39 is 0 Å². The van der Waals surface area contributed by atoms with Gasteiger partial charge in [0.05, 0.1) is 11.7 Å². The molecule has 3 aromatic rings. The van der Waals surface area contributed by atoms with Gasteiger partial charge in [-0.3, -0.25) is 4.40 Å². The fourth-order valence-electron chi connectivity index (χ4n) is 4.80. The lowest BCUT2D eigenvalue weighted by Crippen LogP contribution is -2.10. The molecule has 1 N–H and O–H groups in total. The van der Waals surface area contributed by atoms with Crippen LogP contribution in [0.1, 0.15) is 50.8 Å². The van der Waals surface area contributed by atoms with E-state index in [4.69, 9.17) is 0 Å². The summed E-state index contributed by atoms with van der Waals surface area (Å²) in [6.07, 6.45) is 13.6. The molecule has 6 rings (SSSR count). The second kappa shape index (κ2) is 6.05. The van der Waals surface area contributed by atoms with Crippen LogP contribution >= 0.6 is 0 Å². The molecule has 0 amide bonds. The van der Waals surface area contributed by atoms with Crippen molar-refractivity contribution < 1.29 is 4.68 Å². The van der Waals surface area contributed by atoms with Crippen LogP contribution in [0.15, 0.2) is 28.6 Å². The van der Waals surface area contributed by atoms with Crippen LogP contribution in [0.25, 0.3) is 16.8 Å². The number of hydrazone groups is 1. The van der Waals surface area contributed by atoms with E-state index in [1.165, 1.54) is 12.8 Å². The first kappa shape index (κ1) is 16.1. The van der Waals surface area contributed by atoms with E-state index in [0.29, 0.717) is 23.7 Å². The van der Waals surface area contributed by atoms with Crippen LogP contribution in [0.2, 0.25) is 0 Å². The number of H-pyrrole nitrogens is 1. The predicted octanol–water partition coefficient (Wildman–Crippen LogP) is 2.97. The molecule has 3 aliphatic rings. The largest absolute Gasteiger partial charge is 0.345 e. The third-order valence-electron chi connectivity index (χ3n) is 6.39. The predicted molar refractivity (Wildman–Crippen MR) is 107 cm³/mol. The number of nitrogens with zero attached hydrogens (tertiary/aromatic N) is 7. The minimum Gasteiger partial charge on any atom is -0.345 e. The third kappa shape index (κ3) is 2.51. The Morgan fingerprint density at radius 1 is 1.29 bits per heavy atom. The maximum absolute atomic E-state index is 4.66. The van der Waals surface area contributed by atoms with Gasteiger partial charge in [0.2, 0.25) is 0 Å². The van der Waals surface area contributed by atoms with Crippen LogP contribution in [0.5, 0.6) is 0 Å². The van der Waals surface area contributed by atoms with Gasteiger partial charge in [-0.25, -0.2) is 4.98 Å². The number of hydrogen-bond donors (Lipinski definition) is 1. The van der Waals surface area contributed by atoms with Gasteiger partial charge in [0.1, 0.15) is 12.0 Å². The van der Waals surface area contributed by atoms with Crippen molar-refractivity contribution in [3.63, 3.8) is 0 Å². The van der Waals surface area contributed by atoms with Gasteiger partial charge in [-0.1, -0.05) is 13.3 Å². The number of hydrogen-bond acceptors (Lipinski definition) is 5. The number of fused-ring (bicyclic) bond motifs is 3. The maximum Gasteiger partial charge on any atom is 0.313 e. The fraction of sp³-hybridized carbons (Fsp3) is 0.500. The molecule has 4 heterocycles. The quantitative estimate of drug-likeness (QED) is 0.711. The molecule has 0 saturated heterocycles. The minimum atomic E-state index is 0.383. The normalized spacial score (nSPS) is 28.8. The highest BCUT2D eigenvalue weighted by atomic mass is 15.4. The molecule has 8 heteroatoms. The Hall–Kier alpha value is -2.90. The van der Waals surface area contributed by atoms with Crippen molar-refractivity contribution >= 4 is 35.2 Å². The summed E-state index contributed by atoms with van der Waals surface area (Å²) in [5.41, 5.74) is 2.73. The average Bonchev–Trinajstić information content (AvgIpc) is 3.12. The zero-order valence-corrected chi connectivity index (χ0v) is 15.9. The standard InChI is InChI=1S/C20H23N8/c1-2-13-7-12(10-27-11-23-18(26-27)14-3-4-14)8-15(13)20-25-24-17-9-22-19-16(28(17)20)5-6-21-19/h5-6,9-15,21H,2-4,7-8H2,1H3/q+1. The number of aromatic amines is 1. The second-order valence-electron chi connectivity index (χ2n) is 8.23. The molecule has 28 heavy (non-hydrogen) atoms. The van der Waals surface area contributed by atoms with Gasteiger partial charge in [0.15, 0.2) is 11.3 Å². The number of rotatable bonds is 4. The van der Waals surface area contributed by atoms with Crippen molar-refractivity contribution in [1.29, 1.82) is 0 Å². The molecule has 2 aliphatic carbocycles. The van der Waals surface area contributed by atoms with Crippen molar-refractivity contribution in [2.45, 2.75) is 44.9 Å². The summed E-state index contributed by atoms with van der Waals surface area (Å²) in [6, 6.07) is 2.05. The van der Waals surface area contributed by atoms with Gasteiger partial charge < -0.3 is 4.98 Å². The van der Waals surface area contributed by atoms with Gasteiger partial charge in [-0.2, -0.15) is 0 Å². The average molecular weight is 375 g/mol. The molecule has 3 atom stereocenters. The Labute approximate surface area is 162 Å². The summed E-state index contributed by atoms with van der Waals surface area (Å²) in [7, 11) is 0. The molecule has 0 bridgehead atoms. The second-order valence-corrected chi connectivity index (χ2v) is 8.23. The van der Waals surface area contributed by atoms with Crippen molar-refractivity contribution in [3.8, 4) is 0 Å². The van der Waals surface area contributed by atoms with Crippen LogP contribution in [0.3, 0.4) is 0 Å². The highest BCUT2D eigenvalue weighted by Crippen LogP contribution is 2.44. The lowest BCUT2D eigenvalue weighted by Gasteiger charge is -2.16. The van der Waals surface area contributed by atoms with E-state index >= 15 is 0 Å². The van der Waals surface area contributed by atoms with Gasteiger partial charge in [0, 0.05) is 24.0 Å². The first-order chi connectivity index (χ1) is 13.8. The van der Waals surface area contributed by atoms with Crippen molar-refractivity contribution in [3.05, 3.63) is 24.3 Å². The summed E-state index contributed by atoms with van der Waals surface area (Å²) in [5, 5.41) is 13.7. The fourth-order valence-corrected chi connectivity index (χ4v) is 4.80. The Morgan fingerprint density at radius 3 is 3.07 bits per heavy atom. The lowest BCUT2D eigenvalue weighted by atomic mass is 9.93. The number of amidine groups is 1. The summed E-state index contributed by atoms with van der Waals surface area (Å²) in [5.74, 6) is 4.09. The Bertz CT molecular complexity index is 1150. The third-order valence-corrected chi connectivity index (χ3v) is 6.39. The molecule has 3 aromatic heterocycles. The number of aromatic nitrogens is 5. The van der Waals surface area contributed by atoms with Crippen molar-refractivity contribution in [2.24, 2.45) is 27.8 Å². The minimum absolute atomic E-state index is 0.383. The van der Waals surface area contributed by atoms with Crippen LogP contribution in [-0.4, -0.2) is 47.6 Å². The zero-order chi connectivity index (χ0) is 18.7. The van der Waals surface area contributed by atoms with E-state index in [9.17, 15) is 0 Å². The molecule has 1 aliphatic heterocycles. The molecular formula is C20H23N8+. The van der Waals surface area contributed by atoms with Crippen LogP contribution in [-0.2, 0) is 0 Å². The van der Waals surface area contributed by atoms with Gasteiger partial charge in [0.25, 0.3) is 5.84 Å². The molecule has 0 aromatic carbocycles. The summed E-state index contributed by atoms with van der Waals surface area (Å²) in [4.78, 5) is 12.1. The topological polar surface area (TPSA) is 86.6 Å². The van der Waals surface area contributed by atoms with Gasteiger partial charge in [-0.05, 0) is 47.8 Å².